The van der Waals surface area contributed by atoms with Gasteiger partial charge >= 0.3 is 0 Å². The Bertz CT molecular complexity index is 376. The van der Waals surface area contributed by atoms with Gasteiger partial charge in [-0.1, -0.05) is 11.6 Å². The SMILES string of the molecule is COc1cc(CC2CCNC2)cc(O)c1Cl. The normalized spacial score (nSPS) is 20.0. The quantitative estimate of drug-likeness (QED) is 0.853. The number of halogens is 1. The van der Waals surface area contributed by atoms with E-state index in [9.17, 15) is 5.11 Å². The van der Waals surface area contributed by atoms with Crippen LogP contribution in [0.3, 0.4) is 0 Å². The minimum Gasteiger partial charge on any atom is -0.506 e. The number of phenols is 1. The molecule has 0 radical (unpaired) electrons. The van der Waals surface area contributed by atoms with Crippen LogP contribution in [0, 0.1) is 5.92 Å². The second-order valence-corrected chi connectivity index (χ2v) is 4.57. The van der Waals surface area contributed by atoms with Crippen molar-refractivity contribution in [3.05, 3.63) is 22.7 Å². The van der Waals surface area contributed by atoms with E-state index in [2.05, 4.69) is 5.32 Å². The van der Waals surface area contributed by atoms with Crippen molar-refractivity contribution in [3.8, 4) is 11.5 Å². The lowest BCUT2D eigenvalue weighted by atomic mass is 9.98. The summed E-state index contributed by atoms with van der Waals surface area (Å²) in [4.78, 5) is 0. The molecule has 0 saturated carbocycles. The Labute approximate surface area is 100 Å². The van der Waals surface area contributed by atoms with E-state index in [1.54, 1.807) is 13.2 Å². The molecule has 0 bridgehead atoms. The standard InChI is InChI=1S/C12H16ClNO2/c1-16-11-6-9(5-10(15)12(11)13)4-8-2-3-14-7-8/h5-6,8,14-15H,2-4,7H2,1H3. The second-order valence-electron chi connectivity index (χ2n) is 4.19. The number of ether oxygens (including phenoxy) is 1. The fourth-order valence-electron chi connectivity index (χ4n) is 2.13. The van der Waals surface area contributed by atoms with Crippen LogP contribution in [0.25, 0.3) is 0 Å². The first-order chi connectivity index (χ1) is 7.70. The third kappa shape index (κ3) is 2.42. The summed E-state index contributed by atoms with van der Waals surface area (Å²) < 4.78 is 5.12. The monoisotopic (exact) mass is 241 g/mol. The maximum absolute atomic E-state index is 9.66. The van der Waals surface area contributed by atoms with Gasteiger partial charge in [-0.25, -0.2) is 0 Å². The lowest BCUT2D eigenvalue weighted by molar-refractivity contribution is 0.406. The van der Waals surface area contributed by atoms with Gasteiger partial charge in [0.05, 0.1) is 7.11 Å². The molecule has 4 heteroatoms. The van der Waals surface area contributed by atoms with Crippen molar-refractivity contribution in [2.24, 2.45) is 5.92 Å². The molecule has 1 aromatic rings. The fourth-order valence-corrected chi connectivity index (χ4v) is 2.31. The highest BCUT2D eigenvalue weighted by Crippen LogP contribution is 2.35. The molecule has 1 atom stereocenters. The summed E-state index contributed by atoms with van der Waals surface area (Å²) in [6.45, 7) is 2.13. The Morgan fingerprint density at radius 2 is 2.38 bits per heavy atom. The maximum atomic E-state index is 9.66. The molecule has 0 amide bonds. The minimum atomic E-state index is 0.0990. The highest BCUT2D eigenvalue weighted by Gasteiger charge is 2.17. The number of hydrogen-bond acceptors (Lipinski definition) is 3. The van der Waals surface area contributed by atoms with E-state index in [1.807, 2.05) is 6.07 Å². The summed E-state index contributed by atoms with van der Waals surface area (Å²) in [5.41, 5.74) is 1.08. The second kappa shape index (κ2) is 4.93. The molecule has 1 aliphatic heterocycles. The minimum absolute atomic E-state index is 0.0990. The molecule has 1 aromatic carbocycles. The summed E-state index contributed by atoms with van der Waals surface area (Å²) in [7, 11) is 1.56. The van der Waals surface area contributed by atoms with E-state index in [4.69, 9.17) is 16.3 Å². The van der Waals surface area contributed by atoms with Gasteiger partial charge in [0.25, 0.3) is 0 Å². The molecule has 3 nitrogen and oxygen atoms in total. The van der Waals surface area contributed by atoms with E-state index >= 15 is 0 Å². The predicted molar refractivity (Wildman–Crippen MR) is 64.3 cm³/mol. The van der Waals surface area contributed by atoms with E-state index in [-0.39, 0.29) is 10.8 Å². The van der Waals surface area contributed by atoms with Crippen molar-refractivity contribution in [1.29, 1.82) is 0 Å². The van der Waals surface area contributed by atoms with Crippen LogP contribution in [0.15, 0.2) is 12.1 Å². The number of aromatic hydroxyl groups is 1. The molecule has 0 aromatic heterocycles. The van der Waals surface area contributed by atoms with Crippen molar-refractivity contribution < 1.29 is 9.84 Å². The number of benzene rings is 1. The molecule has 1 heterocycles. The number of rotatable bonds is 3. The lowest BCUT2D eigenvalue weighted by Gasteiger charge is -2.11. The van der Waals surface area contributed by atoms with Crippen LogP contribution in [0.2, 0.25) is 5.02 Å². The third-order valence-corrected chi connectivity index (χ3v) is 3.37. The van der Waals surface area contributed by atoms with Gasteiger partial charge in [-0.15, -0.1) is 0 Å². The average molecular weight is 242 g/mol. The van der Waals surface area contributed by atoms with E-state index < -0.39 is 0 Å². The molecule has 1 saturated heterocycles. The molecule has 1 fully saturated rings. The highest BCUT2D eigenvalue weighted by molar-refractivity contribution is 6.33. The maximum Gasteiger partial charge on any atom is 0.141 e. The molecule has 2 rings (SSSR count). The number of phenolic OH excluding ortho intramolecular Hbond substituents is 1. The van der Waals surface area contributed by atoms with Crippen LogP contribution in [0.1, 0.15) is 12.0 Å². The van der Waals surface area contributed by atoms with Gasteiger partial charge in [0, 0.05) is 0 Å². The van der Waals surface area contributed by atoms with Gasteiger partial charge in [-0.05, 0) is 49.5 Å². The average Bonchev–Trinajstić information content (AvgIpc) is 2.76. The van der Waals surface area contributed by atoms with Crippen molar-refractivity contribution in [1.82, 2.24) is 5.32 Å². The van der Waals surface area contributed by atoms with Gasteiger partial charge in [0.2, 0.25) is 0 Å². The van der Waals surface area contributed by atoms with Gasteiger partial charge in [-0.3, -0.25) is 0 Å². The van der Waals surface area contributed by atoms with Crippen molar-refractivity contribution in [2.45, 2.75) is 12.8 Å². The van der Waals surface area contributed by atoms with E-state index in [1.165, 1.54) is 6.42 Å². The zero-order chi connectivity index (χ0) is 11.5. The summed E-state index contributed by atoms with van der Waals surface area (Å²) >= 11 is 5.89. The summed E-state index contributed by atoms with van der Waals surface area (Å²) in [6, 6.07) is 3.63. The van der Waals surface area contributed by atoms with Gasteiger partial charge in [0.15, 0.2) is 0 Å². The largest absolute Gasteiger partial charge is 0.506 e. The molecule has 0 aliphatic carbocycles. The molecule has 16 heavy (non-hydrogen) atoms. The zero-order valence-electron chi connectivity index (χ0n) is 9.29. The van der Waals surface area contributed by atoms with Gasteiger partial charge in [0.1, 0.15) is 16.5 Å². The Kier molecular flexibility index (Phi) is 3.56. The molecule has 2 N–H and O–H groups in total. The summed E-state index contributed by atoms with van der Waals surface area (Å²) in [6.07, 6.45) is 2.14. The Balaban J connectivity index is 2.17. The smallest absolute Gasteiger partial charge is 0.141 e. The van der Waals surface area contributed by atoms with Crippen molar-refractivity contribution in [3.63, 3.8) is 0 Å². The number of nitrogens with one attached hydrogen (secondary N) is 1. The van der Waals surface area contributed by atoms with Crippen LogP contribution in [-0.4, -0.2) is 25.3 Å². The molecule has 88 valence electrons. The molecule has 1 unspecified atom stereocenters. The topological polar surface area (TPSA) is 41.5 Å². The Morgan fingerprint density at radius 3 is 3.00 bits per heavy atom. The highest BCUT2D eigenvalue weighted by atomic mass is 35.5. The van der Waals surface area contributed by atoms with Crippen LogP contribution in [-0.2, 0) is 6.42 Å². The van der Waals surface area contributed by atoms with Crippen LogP contribution in [0.5, 0.6) is 11.5 Å². The first-order valence-corrected chi connectivity index (χ1v) is 5.84. The van der Waals surface area contributed by atoms with Crippen molar-refractivity contribution in [2.75, 3.05) is 20.2 Å². The molecule has 1 aliphatic rings. The van der Waals surface area contributed by atoms with Crippen LogP contribution < -0.4 is 10.1 Å². The van der Waals surface area contributed by atoms with Crippen molar-refractivity contribution >= 4 is 11.6 Å². The van der Waals surface area contributed by atoms with E-state index in [0.717, 1.165) is 25.1 Å². The number of hydrogen-bond donors (Lipinski definition) is 2. The Hall–Kier alpha value is -0.930. The first-order valence-electron chi connectivity index (χ1n) is 5.47. The summed E-state index contributed by atoms with van der Waals surface area (Å²) in [5.74, 6) is 1.29. The van der Waals surface area contributed by atoms with Gasteiger partial charge < -0.3 is 15.2 Å². The third-order valence-electron chi connectivity index (χ3n) is 2.99. The predicted octanol–water partition coefficient (Wildman–Crippen LogP) is 2.21. The molecule has 0 spiro atoms. The van der Waals surface area contributed by atoms with E-state index in [0.29, 0.717) is 11.7 Å². The summed E-state index contributed by atoms with van der Waals surface area (Å²) in [5, 5.41) is 13.3. The molecular weight excluding hydrogens is 226 g/mol. The number of methoxy groups -OCH3 is 1. The fraction of sp³-hybridized carbons (Fsp3) is 0.500. The Morgan fingerprint density at radius 1 is 1.56 bits per heavy atom. The first kappa shape index (κ1) is 11.6. The van der Waals surface area contributed by atoms with Gasteiger partial charge in [-0.2, -0.15) is 0 Å². The van der Waals surface area contributed by atoms with Crippen LogP contribution >= 0.6 is 11.6 Å². The molecular formula is C12H16ClNO2. The zero-order valence-corrected chi connectivity index (χ0v) is 10.0. The van der Waals surface area contributed by atoms with Crippen LogP contribution in [0.4, 0.5) is 0 Å². The lowest BCUT2D eigenvalue weighted by Crippen LogP contribution is -2.10.